The predicted octanol–water partition coefficient (Wildman–Crippen LogP) is 4.74. The van der Waals surface area contributed by atoms with Crippen LogP contribution in [0.2, 0.25) is 0 Å². The average Bonchev–Trinajstić information content (AvgIpc) is 2.51. The Hall–Kier alpha value is -1.32. The molecular weight excluding hydrogens is 338 g/mol. The molecule has 3 heteroatoms. The summed E-state index contributed by atoms with van der Waals surface area (Å²) in [5.41, 5.74) is 1.39. The summed E-state index contributed by atoms with van der Waals surface area (Å²) >= 11 is 3.50. The SMILES string of the molecule is C[C@@H]1CN(Cc2ccccc2)CCC1Oc1cccc(Br)c1. The number of piperidine rings is 1. The normalized spacial score (nSPS) is 22.5. The molecule has 2 atom stereocenters. The third-order valence-corrected chi connectivity index (χ3v) is 4.74. The number of hydrogen-bond donors (Lipinski definition) is 0. The smallest absolute Gasteiger partial charge is 0.120 e. The lowest BCUT2D eigenvalue weighted by Crippen LogP contribution is -2.43. The highest BCUT2D eigenvalue weighted by atomic mass is 79.9. The number of ether oxygens (including phenoxy) is 1. The Bertz CT molecular complexity index is 601. The molecule has 2 aromatic rings. The second-order valence-corrected chi connectivity index (χ2v) is 7.02. The van der Waals surface area contributed by atoms with Gasteiger partial charge >= 0.3 is 0 Å². The van der Waals surface area contributed by atoms with Crippen molar-refractivity contribution in [3.05, 3.63) is 64.6 Å². The maximum atomic E-state index is 6.19. The van der Waals surface area contributed by atoms with Crippen molar-refractivity contribution >= 4 is 15.9 Å². The first-order valence-corrected chi connectivity index (χ1v) is 8.68. The van der Waals surface area contributed by atoms with Gasteiger partial charge in [0.2, 0.25) is 0 Å². The van der Waals surface area contributed by atoms with Crippen LogP contribution in [0.15, 0.2) is 59.1 Å². The van der Waals surface area contributed by atoms with Crippen molar-refractivity contribution in [1.82, 2.24) is 4.90 Å². The molecule has 2 nitrogen and oxygen atoms in total. The van der Waals surface area contributed by atoms with Crippen molar-refractivity contribution < 1.29 is 4.74 Å². The fourth-order valence-corrected chi connectivity index (χ4v) is 3.46. The monoisotopic (exact) mass is 359 g/mol. The van der Waals surface area contributed by atoms with Gasteiger partial charge in [-0.1, -0.05) is 59.3 Å². The molecule has 22 heavy (non-hydrogen) atoms. The summed E-state index contributed by atoms with van der Waals surface area (Å²) in [6, 6.07) is 18.8. The first-order valence-electron chi connectivity index (χ1n) is 7.89. The summed E-state index contributed by atoms with van der Waals surface area (Å²) in [5.74, 6) is 1.50. The predicted molar refractivity (Wildman–Crippen MR) is 94.1 cm³/mol. The molecule has 0 amide bonds. The molecule has 1 aliphatic heterocycles. The summed E-state index contributed by atoms with van der Waals surface area (Å²) in [6.07, 6.45) is 1.39. The molecule has 1 aliphatic rings. The van der Waals surface area contributed by atoms with E-state index in [0.29, 0.717) is 12.0 Å². The molecule has 1 heterocycles. The van der Waals surface area contributed by atoms with Gasteiger partial charge in [0.25, 0.3) is 0 Å². The molecule has 0 radical (unpaired) electrons. The van der Waals surface area contributed by atoms with Gasteiger partial charge in [-0.25, -0.2) is 0 Å². The Morgan fingerprint density at radius 1 is 1.14 bits per heavy atom. The minimum absolute atomic E-state index is 0.307. The van der Waals surface area contributed by atoms with E-state index < -0.39 is 0 Å². The first kappa shape index (κ1) is 15.6. The van der Waals surface area contributed by atoms with E-state index in [2.05, 4.69) is 58.1 Å². The third-order valence-electron chi connectivity index (χ3n) is 4.24. The zero-order valence-electron chi connectivity index (χ0n) is 12.9. The first-order chi connectivity index (χ1) is 10.7. The van der Waals surface area contributed by atoms with Crippen LogP contribution in [-0.2, 0) is 6.54 Å². The average molecular weight is 360 g/mol. The van der Waals surface area contributed by atoms with E-state index >= 15 is 0 Å². The summed E-state index contributed by atoms with van der Waals surface area (Å²) in [7, 11) is 0. The molecule has 1 unspecified atom stereocenters. The lowest BCUT2D eigenvalue weighted by molar-refractivity contribution is 0.0490. The standard InChI is InChI=1S/C19H22BrNO/c1-15-13-21(14-16-6-3-2-4-7-16)11-10-19(15)22-18-9-5-8-17(20)12-18/h2-9,12,15,19H,10-11,13-14H2,1H3/t15-,19?/m1/s1. The Labute approximate surface area is 141 Å². The van der Waals surface area contributed by atoms with Crippen molar-refractivity contribution in [3.63, 3.8) is 0 Å². The van der Waals surface area contributed by atoms with Crippen LogP contribution < -0.4 is 4.74 Å². The largest absolute Gasteiger partial charge is 0.490 e. The van der Waals surface area contributed by atoms with Gasteiger partial charge in [-0.15, -0.1) is 0 Å². The fourth-order valence-electron chi connectivity index (χ4n) is 3.09. The van der Waals surface area contributed by atoms with Crippen LogP contribution in [0.3, 0.4) is 0 Å². The van der Waals surface area contributed by atoms with E-state index in [1.807, 2.05) is 24.3 Å². The summed E-state index contributed by atoms with van der Waals surface area (Å²) in [4.78, 5) is 2.53. The van der Waals surface area contributed by atoms with E-state index in [4.69, 9.17) is 4.74 Å². The van der Waals surface area contributed by atoms with Crippen LogP contribution in [0.25, 0.3) is 0 Å². The molecule has 0 bridgehead atoms. The lowest BCUT2D eigenvalue weighted by Gasteiger charge is -2.37. The maximum Gasteiger partial charge on any atom is 0.120 e. The molecule has 0 spiro atoms. The molecule has 1 fully saturated rings. The van der Waals surface area contributed by atoms with Gasteiger partial charge in [0.05, 0.1) is 0 Å². The van der Waals surface area contributed by atoms with Gasteiger partial charge in [-0.05, 0) is 30.2 Å². The van der Waals surface area contributed by atoms with E-state index in [1.165, 1.54) is 5.56 Å². The second-order valence-electron chi connectivity index (χ2n) is 6.10. The van der Waals surface area contributed by atoms with E-state index in [-0.39, 0.29) is 0 Å². The highest BCUT2D eigenvalue weighted by Gasteiger charge is 2.27. The van der Waals surface area contributed by atoms with E-state index in [9.17, 15) is 0 Å². The number of hydrogen-bond acceptors (Lipinski definition) is 2. The molecule has 3 rings (SSSR count). The fraction of sp³-hybridized carbons (Fsp3) is 0.368. The summed E-state index contributed by atoms with van der Waals surface area (Å²) < 4.78 is 7.26. The highest BCUT2D eigenvalue weighted by molar-refractivity contribution is 9.10. The third kappa shape index (κ3) is 4.11. The maximum absolute atomic E-state index is 6.19. The number of nitrogens with zero attached hydrogens (tertiary/aromatic N) is 1. The zero-order chi connectivity index (χ0) is 15.4. The molecule has 0 aromatic heterocycles. The second kappa shape index (κ2) is 7.30. The van der Waals surface area contributed by atoms with Crippen LogP contribution in [0.4, 0.5) is 0 Å². The minimum Gasteiger partial charge on any atom is -0.490 e. The van der Waals surface area contributed by atoms with Crippen LogP contribution in [-0.4, -0.2) is 24.1 Å². The van der Waals surface area contributed by atoms with Gasteiger partial charge in [0.15, 0.2) is 0 Å². The van der Waals surface area contributed by atoms with Crippen molar-refractivity contribution in [2.45, 2.75) is 26.0 Å². The molecule has 0 saturated carbocycles. The Balaban J connectivity index is 1.56. The Morgan fingerprint density at radius 3 is 2.68 bits per heavy atom. The molecule has 0 aliphatic carbocycles. The van der Waals surface area contributed by atoms with E-state index in [1.54, 1.807) is 0 Å². The van der Waals surface area contributed by atoms with Gasteiger partial charge in [0.1, 0.15) is 11.9 Å². The number of benzene rings is 2. The van der Waals surface area contributed by atoms with Crippen LogP contribution in [0, 0.1) is 5.92 Å². The number of halogens is 1. The van der Waals surface area contributed by atoms with E-state index in [0.717, 1.165) is 36.3 Å². The zero-order valence-corrected chi connectivity index (χ0v) is 14.5. The Morgan fingerprint density at radius 2 is 1.95 bits per heavy atom. The summed E-state index contributed by atoms with van der Waals surface area (Å²) in [6.45, 7) is 5.51. The number of likely N-dealkylation sites (tertiary alicyclic amines) is 1. The van der Waals surface area contributed by atoms with Crippen molar-refractivity contribution in [3.8, 4) is 5.75 Å². The highest BCUT2D eigenvalue weighted by Crippen LogP contribution is 2.25. The molecule has 1 saturated heterocycles. The van der Waals surface area contributed by atoms with Crippen LogP contribution in [0.5, 0.6) is 5.75 Å². The topological polar surface area (TPSA) is 12.5 Å². The van der Waals surface area contributed by atoms with Gasteiger partial charge < -0.3 is 4.74 Å². The van der Waals surface area contributed by atoms with Crippen LogP contribution in [0.1, 0.15) is 18.9 Å². The summed E-state index contributed by atoms with van der Waals surface area (Å²) in [5, 5.41) is 0. The molecule has 116 valence electrons. The van der Waals surface area contributed by atoms with Crippen molar-refractivity contribution in [2.24, 2.45) is 5.92 Å². The van der Waals surface area contributed by atoms with Crippen molar-refractivity contribution in [1.29, 1.82) is 0 Å². The quantitative estimate of drug-likeness (QED) is 0.781. The lowest BCUT2D eigenvalue weighted by atomic mass is 9.96. The minimum atomic E-state index is 0.307. The van der Waals surface area contributed by atoms with Gasteiger partial charge in [-0.3, -0.25) is 4.90 Å². The molecular formula is C19H22BrNO. The van der Waals surface area contributed by atoms with Gasteiger partial charge in [-0.2, -0.15) is 0 Å². The van der Waals surface area contributed by atoms with Gasteiger partial charge in [0, 0.05) is 30.0 Å². The Kier molecular flexibility index (Phi) is 5.16. The van der Waals surface area contributed by atoms with Crippen LogP contribution >= 0.6 is 15.9 Å². The number of rotatable bonds is 4. The van der Waals surface area contributed by atoms with Crippen molar-refractivity contribution in [2.75, 3.05) is 13.1 Å². The molecule has 0 N–H and O–H groups in total. The molecule has 2 aromatic carbocycles.